The molecule has 1 aliphatic rings. The molecule has 1 aliphatic heterocycles. The fourth-order valence-electron chi connectivity index (χ4n) is 4.17. The minimum Gasteiger partial charge on any atom is -0.497 e. The van der Waals surface area contributed by atoms with Gasteiger partial charge in [-0.05, 0) is 78.6 Å². The monoisotopic (exact) mass is 532 g/mol. The summed E-state index contributed by atoms with van der Waals surface area (Å²) in [6.45, 7) is 1.99. The summed E-state index contributed by atoms with van der Waals surface area (Å²) in [7, 11) is 1.60. The molecule has 0 aliphatic carbocycles. The summed E-state index contributed by atoms with van der Waals surface area (Å²) >= 11 is 1.60. The number of anilines is 2. The molecule has 0 aromatic heterocycles. The average Bonchev–Trinajstić information content (AvgIpc) is 3.49. The van der Waals surface area contributed by atoms with E-state index in [0.717, 1.165) is 48.5 Å². The van der Waals surface area contributed by atoms with E-state index in [9.17, 15) is 9.59 Å². The normalized spacial score (nSPS) is 13.1. The van der Waals surface area contributed by atoms with Crippen LogP contribution < -0.4 is 20.4 Å². The zero-order valence-corrected chi connectivity index (χ0v) is 22.2. The molecule has 4 rings (SSSR count). The molecule has 2 amide bonds. The van der Waals surface area contributed by atoms with E-state index in [2.05, 4.69) is 20.7 Å². The zero-order valence-electron chi connectivity index (χ0n) is 21.4. The van der Waals surface area contributed by atoms with Gasteiger partial charge in [0.1, 0.15) is 5.75 Å². The molecule has 1 saturated heterocycles. The highest BCUT2D eigenvalue weighted by Crippen LogP contribution is 2.27. The number of rotatable bonds is 11. The van der Waals surface area contributed by atoms with Gasteiger partial charge in [-0.3, -0.25) is 9.59 Å². The van der Waals surface area contributed by atoms with Crippen LogP contribution in [0.4, 0.5) is 11.4 Å². The van der Waals surface area contributed by atoms with Crippen molar-refractivity contribution < 1.29 is 19.4 Å². The number of ether oxygens (including phenoxy) is 1. The predicted octanol–water partition coefficient (Wildman–Crippen LogP) is 4.54. The summed E-state index contributed by atoms with van der Waals surface area (Å²) in [6.07, 6.45) is 3.78. The molecule has 1 fully saturated rings. The number of thioether (sulfide) groups is 1. The number of aliphatic hydroxyl groups is 1. The van der Waals surface area contributed by atoms with E-state index in [1.54, 1.807) is 43.3 Å². The second-order valence-electron chi connectivity index (χ2n) is 8.83. The van der Waals surface area contributed by atoms with Crippen molar-refractivity contribution in [3.63, 3.8) is 0 Å². The number of benzene rings is 3. The van der Waals surface area contributed by atoms with Crippen LogP contribution in [0.5, 0.6) is 5.75 Å². The maximum absolute atomic E-state index is 13.2. The highest BCUT2D eigenvalue weighted by Gasteiger charge is 2.19. The Hall–Kier alpha value is -3.82. The number of methoxy groups -OCH3 is 1. The first kappa shape index (κ1) is 27.2. The minimum absolute atomic E-state index is 0.118. The van der Waals surface area contributed by atoms with Crippen LogP contribution in [0.1, 0.15) is 44.7 Å². The molecule has 8 nitrogen and oxygen atoms in total. The SMILES string of the molecule is COc1ccc(C=NNC(=O)c2cc(N3CCCC3)ccc2NC(=O)c2cccc(CSCCO)c2)cc1. The van der Waals surface area contributed by atoms with Gasteiger partial charge in [-0.15, -0.1) is 0 Å². The number of nitrogens with zero attached hydrogens (tertiary/aromatic N) is 2. The molecule has 3 aromatic rings. The molecule has 0 bridgehead atoms. The third-order valence-electron chi connectivity index (χ3n) is 6.16. The number of hydrogen-bond donors (Lipinski definition) is 3. The number of hydrazone groups is 1. The van der Waals surface area contributed by atoms with Gasteiger partial charge < -0.3 is 20.1 Å². The Labute approximate surface area is 227 Å². The van der Waals surface area contributed by atoms with Gasteiger partial charge in [-0.1, -0.05) is 12.1 Å². The lowest BCUT2D eigenvalue weighted by Gasteiger charge is -2.20. The molecule has 38 heavy (non-hydrogen) atoms. The molecular formula is C29H32N4O4S. The van der Waals surface area contributed by atoms with E-state index < -0.39 is 5.91 Å². The average molecular weight is 533 g/mol. The largest absolute Gasteiger partial charge is 0.497 e. The Balaban J connectivity index is 1.52. The highest BCUT2D eigenvalue weighted by atomic mass is 32.2. The summed E-state index contributed by atoms with van der Waals surface area (Å²) in [6, 6.07) is 20.2. The van der Waals surface area contributed by atoms with Crippen LogP contribution in [0.2, 0.25) is 0 Å². The maximum Gasteiger partial charge on any atom is 0.273 e. The number of nitrogens with one attached hydrogen (secondary N) is 2. The Bertz CT molecular complexity index is 1270. The van der Waals surface area contributed by atoms with Gasteiger partial charge in [0.25, 0.3) is 11.8 Å². The van der Waals surface area contributed by atoms with Gasteiger partial charge in [0.2, 0.25) is 0 Å². The van der Waals surface area contributed by atoms with Crippen molar-refractivity contribution in [2.75, 3.05) is 42.8 Å². The Morgan fingerprint density at radius 1 is 1.05 bits per heavy atom. The molecular weight excluding hydrogens is 500 g/mol. The minimum atomic E-state index is -0.416. The van der Waals surface area contributed by atoms with Crippen molar-refractivity contribution in [2.24, 2.45) is 5.10 Å². The third-order valence-corrected chi connectivity index (χ3v) is 7.16. The van der Waals surface area contributed by atoms with E-state index in [0.29, 0.717) is 28.3 Å². The molecule has 0 atom stereocenters. The van der Waals surface area contributed by atoms with Crippen LogP contribution in [0.3, 0.4) is 0 Å². The number of hydrogen-bond acceptors (Lipinski definition) is 7. The summed E-state index contributed by atoms with van der Waals surface area (Å²) in [5, 5.41) is 16.0. The standard InChI is InChI=1S/C29H32N4O4S/c1-37-25-10-7-21(8-11-25)19-30-32-29(36)26-18-24(33-13-2-3-14-33)9-12-27(26)31-28(35)23-6-4-5-22(17-23)20-38-16-15-34/h4-12,17-19,34H,2-3,13-16,20H2,1H3,(H,31,35)(H,32,36). The van der Waals surface area contributed by atoms with E-state index >= 15 is 0 Å². The number of aliphatic hydroxyl groups excluding tert-OH is 1. The Morgan fingerprint density at radius 2 is 1.84 bits per heavy atom. The first-order valence-corrected chi connectivity index (χ1v) is 13.7. The van der Waals surface area contributed by atoms with Crippen LogP contribution in [0.25, 0.3) is 0 Å². The van der Waals surface area contributed by atoms with Crippen molar-refractivity contribution in [1.29, 1.82) is 0 Å². The summed E-state index contributed by atoms with van der Waals surface area (Å²) in [5.74, 6) is 1.36. The predicted molar refractivity (Wildman–Crippen MR) is 154 cm³/mol. The first-order valence-electron chi connectivity index (χ1n) is 12.5. The fourth-order valence-corrected chi connectivity index (χ4v) is 4.86. The fraction of sp³-hybridized carbons (Fsp3) is 0.276. The summed E-state index contributed by atoms with van der Waals surface area (Å²) in [4.78, 5) is 28.6. The van der Waals surface area contributed by atoms with Crippen LogP contribution >= 0.6 is 11.8 Å². The smallest absolute Gasteiger partial charge is 0.273 e. The van der Waals surface area contributed by atoms with Crippen molar-refractivity contribution >= 4 is 41.2 Å². The molecule has 9 heteroatoms. The van der Waals surface area contributed by atoms with E-state index in [1.165, 1.54) is 0 Å². The van der Waals surface area contributed by atoms with Crippen LogP contribution in [0, 0.1) is 0 Å². The molecule has 0 spiro atoms. The second kappa shape index (κ2) is 13.6. The lowest BCUT2D eigenvalue weighted by atomic mass is 10.1. The van der Waals surface area contributed by atoms with Gasteiger partial charge in [0, 0.05) is 35.8 Å². The van der Waals surface area contributed by atoms with Crippen molar-refractivity contribution in [3.8, 4) is 5.75 Å². The molecule has 0 saturated carbocycles. The molecule has 1 heterocycles. The third kappa shape index (κ3) is 7.36. The van der Waals surface area contributed by atoms with Crippen molar-refractivity contribution in [2.45, 2.75) is 18.6 Å². The lowest BCUT2D eigenvalue weighted by Crippen LogP contribution is -2.23. The van der Waals surface area contributed by atoms with Crippen molar-refractivity contribution in [1.82, 2.24) is 5.43 Å². The Morgan fingerprint density at radius 3 is 2.58 bits per heavy atom. The maximum atomic E-state index is 13.2. The van der Waals surface area contributed by atoms with Gasteiger partial charge in [-0.25, -0.2) is 5.43 Å². The van der Waals surface area contributed by atoms with Crippen LogP contribution in [-0.4, -0.2) is 55.7 Å². The van der Waals surface area contributed by atoms with Crippen LogP contribution in [0.15, 0.2) is 71.8 Å². The topological polar surface area (TPSA) is 103 Å². The summed E-state index contributed by atoms with van der Waals surface area (Å²) in [5.41, 5.74) is 6.58. The van der Waals surface area contributed by atoms with Gasteiger partial charge >= 0.3 is 0 Å². The quantitative estimate of drug-likeness (QED) is 0.190. The first-order chi connectivity index (χ1) is 18.6. The molecule has 0 unspecified atom stereocenters. The van der Waals surface area contributed by atoms with Gasteiger partial charge in [-0.2, -0.15) is 16.9 Å². The molecule has 3 N–H and O–H groups in total. The number of amides is 2. The number of carbonyl (C=O) groups is 2. The van der Waals surface area contributed by atoms with Gasteiger partial charge in [0.05, 0.1) is 31.2 Å². The van der Waals surface area contributed by atoms with E-state index in [-0.39, 0.29) is 12.5 Å². The molecule has 198 valence electrons. The van der Waals surface area contributed by atoms with Crippen LogP contribution in [-0.2, 0) is 5.75 Å². The Kier molecular flexibility index (Phi) is 9.77. The zero-order chi connectivity index (χ0) is 26.7. The second-order valence-corrected chi connectivity index (χ2v) is 9.93. The van der Waals surface area contributed by atoms with Gasteiger partial charge in [0.15, 0.2) is 0 Å². The molecule has 0 radical (unpaired) electrons. The molecule has 3 aromatic carbocycles. The van der Waals surface area contributed by atoms with Crippen molar-refractivity contribution in [3.05, 3.63) is 89.0 Å². The number of carbonyl (C=O) groups excluding carboxylic acids is 2. The van der Waals surface area contributed by atoms with E-state index in [4.69, 9.17) is 9.84 Å². The van der Waals surface area contributed by atoms with E-state index in [1.807, 2.05) is 48.5 Å². The lowest BCUT2D eigenvalue weighted by molar-refractivity contribution is 0.0956. The summed E-state index contributed by atoms with van der Waals surface area (Å²) < 4.78 is 5.17. The highest BCUT2D eigenvalue weighted by molar-refractivity contribution is 7.98.